The molecule has 0 unspecified atom stereocenters. The molecular formula is C21H16ClNS. The normalized spacial score (nSPS) is 11.1. The van der Waals surface area contributed by atoms with Crippen LogP contribution in [0.25, 0.3) is 22.2 Å². The van der Waals surface area contributed by atoms with Crippen molar-refractivity contribution in [2.24, 2.45) is 0 Å². The highest BCUT2D eigenvalue weighted by atomic mass is 35.5. The number of nitrogens with one attached hydrogen (secondary N) is 1. The monoisotopic (exact) mass is 349 g/mol. The smallest absolute Gasteiger partial charge is 0.0606 e. The van der Waals surface area contributed by atoms with E-state index in [1.807, 2.05) is 12.1 Å². The summed E-state index contributed by atoms with van der Waals surface area (Å²) in [6.07, 6.45) is 0. The molecule has 0 fully saturated rings. The number of rotatable bonds is 3. The van der Waals surface area contributed by atoms with E-state index in [1.54, 1.807) is 11.8 Å². The number of hydrogen-bond acceptors (Lipinski definition) is 1. The van der Waals surface area contributed by atoms with Gasteiger partial charge in [0.2, 0.25) is 0 Å². The third-order valence-electron chi connectivity index (χ3n) is 4.03. The molecule has 1 N–H and O–H groups in total. The molecule has 0 saturated carbocycles. The van der Waals surface area contributed by atoms with Crippen LogP contribution in [0.1, 0.15) is 5.56 Å². The molecule has 3 aromatic carbocycles. The minimum absolute atomic E-state index is 0.761. The highest BCUT2D eigenvalue weighted by molar-refractivity contribution is 7.99. The van der Waals surface area contributed by atoms with Crippen LogP contribution >= 0.6 is 23.4 Å². The Morgan fingerprint density at radius 2 is 1.54 bits per heavy atom. The molecule has 4 rings (SSSR count). The van der Waals surface area contributed by atoms with Crippen molar-refractivity contribution in [3.8, 4) is 11.3 Å². The van der Waals surface area contributed by atoms with E-state index in [2.05, 4.69) is 72.6 Å². The molecule has 0 aliphatic rings. The van der Waals surface area contributed by atoms with Gasteiger partial charge in [0.15, 0.2) is 0 Å². The van der Waals surface area contributed by atoms with E-state index in [4.69, 9.17) is 11.6 Å². The first-order valence-electron chi connectivity index (χ1n) is 7.82. The fourth-order valence-electron chi connectivity index (χ4n) is 2.77. The molecule has 1 nitrogen and oxygen atoms in total. The van der Waals surface area contributed by atoms with E-state index in [9.17, 15) is 0 Å². The van der Waals surface area contributed by atoms with Crippen LogP contribution in [0.4, 0.5) is 0 Å². The summed E-state index contributed by atoms with van der Waals surface area (Å²) < 4.78 is 0. The second-order valence-corrected chi connectivity index (χ2v) is 7.32. The third-order valence-corrected chi connectivity index (χ3v) is 5.42. The Kier molecular flexibility index (Phi) is 4.09. The molecule has 1 aromatic heterocycles. The lowest BCUT2D eigenvalue weighted by molar-refractivity contribution is 1.37. The first-order chi connectivity index (χ1) is 11.7. The molecule has 1 heterocycles. The second-order valence-electron chi connectivity index (χ2n) is 5.80. The molecule has 24 heavy (non-hydrogen) atoms. The van der Waals surface area contributed by atoms with E-state index in [0.29, 0.717) is 0 Å². The van der Waals surface area contributed by atoms with E-state index < -0.39 is 0 Å². The number of benzene rings is 3. The number of aryl methyl sites for hydroxylation is 1. The first-order valence-corrected chi connectivity index (χ1v) is 9.01. The summed E-state index contributed by atoms with van der Waals surface area (Å²) >= 11 is 7.78. The predicted molar refractivity (Wildman–Crippen MR) is 104 cm³/mol. The largest absolute Gasteiger partial charge is 0.354 e. The summed E-state index contributed by atoms with van der Waals surface area (Å²) in [5.41, 5.74) is 4.79. The summed E-state index contributed by atoms with van der Waals surface area (Å²) in [5, 5.41) is 2.00. The van der Waals surface area contributed by atoms with Gasteiger partial charge in [0, 0.05) is 25.7 Å². The van der Waals surface area contributed by atoms with Crippen LogP contribution in [0.2, 0.25) is 5.02 Å². The van der Waals surface area contributed by atoms with Gasteiger partial charge in [-0.3, -0.25) is 0 Å². The quantitative estimate of drug-likeness (QED) is 0.423. The van der Waals surface area contributed by atoms with Gasteiger partial charge in [-0.25, -0.2) is 0 Å². The molecule has 3 heteroatoms. The molecule has 118 valence electrons. The molecular weight excluding hydrogens is 334 g/mol. The third kappa shape index (κ3) is 2.95. The summed E-state index contributed by atoms with van der Waals surface area (Å²) in [5.74, 6) is 0. The van der Waals surface area contributed by atoms with Crippen molar-refractivity contribution in [2.75, 3.05) is 0 Å². The molecule has 0 radical (unpaired) electrons. The number of hydrogen-bond donors (Lipinski definition) is 1. The highest BCUT2D eigenvalue weighted by Crippen LogP contribution is 2.41. The zero-order valence-electron chi connectivity index (χ0n) is 13.2. The van der Waals surface area contributed by atoms with Gasteiger partial charge in [-0.05, 0) is 42.8 Å². The standard InChI is InChI=1S/C21H16ClNS/c1-14-6-8-15(9-7-14)20-21(18-4-2-3-5-19(18)23-20)24-17-12-10-16(22)11-13-17/h2-13,23H,1H3. The van der Waals surface area contributed by atoms with Gasteiger partial charge in [-0.1, -0.05) is 71.4 Å². The second kappa shape index (κ2) is 6.39. The van der Waals surface area contributed by atoms with Gasteiger partial charge in [0.1, 0.15) is 0 Å². The van der Waals surface area contributed by atoms with Gasteiger partial charge in [0.05, 0.1) is 5.69 Å². The average molecular weight is 350 g/mol. The van der Waals surface area contributed by atoms with E-state index in [1.165, 1.54) is 26.3 Å². The van der Waals surface area contributed by atoms with Crippen LogP contribution in [-0.2, 0) is 0 Å². The van der Waals surface area contributed by atoms with E-state index >= 15 is 0 Å². The fraction of sp³-hybridized carbons (Fsp3) is 0.0476. The van der Waals surface area contributed by atoms with Crippen LogP contribution in [0.5, 0.6) is 0 Å². The Morgan fingerprint density at radius 3 is 2.29 bits per heavy atom. The minimum Gasteiger partial charge on any atom is -0.354 e. The number of para-hydroxylation sites is 1. The van der Waals surface area contributed by atoms with Gasteiger partial charge in [-0.15, -0.1) is 0 Å². The molecule has 0 aliphatic carbocycles. The van der Waals surface area contributed by atoms with Crippen LogP contribution in [-0.4, -0.2) is 4.98 Å². The van der Waals surface area contributed by atoms with Crippen LogP contribution in [0.15, 0.2) is 82.6 Å². The number of H-pyrrole nitrogens is 1. The maximum atomic E-state index is 6.02. The van der Waals surface area contributed by atoms with Gasteiger partial charge in [0.25, 0.3) is 0 Å². The summed E-state index contributed by atoms with van der Waals surface area (Å²) in [7, 11) is 0. The predicted octanol–water partition coefficient (Wildman–Crippen LogP) is 6.95. The summed E-state index contributed by atoms with van der Waals surface area (Å²) in [6.45, 7) is 2.11. The molecule has 0 amide bonds. The zero-order valence-corrected chi connectivity index (χ0v) is 14.8. The van der Waals surface area contributed by atoms with Gasteiger partial charge >= 0.3 is 0 Å². The van der Waals surface area contributed by atoms with Crippen molar-refractivity contribution in [3.63, 3.8) is 0 Å². The van der Waals surface area contributed by atoms with Crippen LogP contribution in [0.3, 0.4) is 0 Å². The lowest BCUT2D eigenvalue weighted by Crippen LogP contribution is -1.81. The molecule has 4 aromatic rings. The molecule has 0 spiro atoms. The highest BCUT2D eigenvalue weighted by Gasteiger charge is 2.14. The van der Waals surface area contributed by atoms with Crippen molar-refractivity contribution < 1.29 is 0 Å². The van der Waals surface area contributed by atoms with Crippen molar-refractivity contribution in [1.82, 2.24) is 4.98 Å². The summed E-state index contributed by atoms with van der Waals surface area (Å²) in [4.78, 5) is 6.01. The van der Waals surface area contributed by atoms with E-state index in [0.717, 1.165) is 16.2 Å². The molecule has 0 atom stereocenters. The van der Waals surface area contributed by atoms with E-state index in [-0.39, 0.29) is 0 Å². The zero-order chi connectivity index (χ0) is 16.5. The van der Waals surface area contributed by atoms with Crippen molar-refractivity contribution in [1.29, 1.82) is 0 Å². The SMILES string of the molecule is Cc1ccc(-c2[nH]c3ccccc3c2Sc2ccc(Cl)cc2)cc1. The fourth-order valence-corrected chi connectivity index (χ4v) is 3.96. The minimum atomic E-state index is 0.761. The Hall–Kier alpha value is -2.16. The topological polar surface area (TPSA) is 15.8 Å². The van der Waals surface area contributed by atoms with Gasteiger partial charge < -0.3 is 4.98 Å². The first kappa shape index (κ1) is 15.4. The maximum Gasteiger partial charge on any atom is 0.0606 e. The number of aromatic nitrogens is 1. The summed E-state index contributed by atoms with van der Waals surface area (Å²) in [6, 6.07) is 25.1. The Bertz CT molecular complexity index is 985. The van der Waals surface area contributed by atoms with Crippen molar-refractivity contribution in [2.45, 2.75) is 16.7 Å². The number of aromatic amines is 1. The molecule has 0 saturated heterocycles. The maximum absolute atomic E-state index is 6.02. The molecule has 0 bridgehead atoms. The van der Waals surface area contributed by atoms with Crippen LogP contribution < -0.4 is 0 Å². The van der Waals surface area contributed by atoms with Crippen LogP contribution in [0, 0.1) is 6.92 Å². The number of halogens is 1. The van der Waals surface area contributed by atoms with Gasteiger partial charge in [-0.2, -0.15) is 0 Å². The Labute approximate surface area is 150 Å². The van der Waals surface area contributed by atoms with Crippen molar-refractivity contribution in [3.05, 3.63) is 83.4 Å². The average Bonchev–Trinajstić information content (AvgIpc) is 2.96. The molecule has 0 aliphatic heterocycles. The Morgan fingerprint density at radius 1 is 0.833 bits per heavy atom. The lowest BCUT2D eigenvalue weighted by atomic mass is 10.1. The Balaban J connectivity index is 1.86. The van der Waals surface area contributed by atoms with Crippen molar-refractivity contribution >= 4 is 34.3 Å². The number of fused-ring (bicyclic) bond motifs is 1. The lowest BCUT2D eigenvalue weighted by Gasteiger charge is -2.06.